The second-order valence-electron chi connectivity index (χ2n) is 6.29. The molecule has 1 aliphatic heterocycles. The summed E-state index contributed by atoms with van der Waals surface area (Å²) in [6.07, 6.45) is 0. The highest BCUT2D eigenvalue weighted by Gasteiger charge is 2.64. The molecule has 0 saturated carbocycles. The summed E-state index contributed by atoms with van der Waals surface area (Å²) in [7, 11) is 2.56. The van der Waals surface area contributed by atoms with Gasteiger partial charge in [0.15, 0.2) is 5.54 Å². The van der Waals surface area contributed by atoms with Gasteiger partial charge in [0.25, 0.3) is 0 Å². The fourth-order valence-corrected chi connectivity index (χ4v) is 3.59. The van der Waals surface area contributed by atoms with Crippen molar-refractivity contribution in [3.8, 4) is 0 Å². The number of carbonyl (C=O) groups excluding carboxylic acids is 2. The average molecular weight is 352 g/mol. The fraction of sp³-hybridized carbons (Fsp3) is 0.300. The summed E-state index contributed by atoms with van der Waals surface area (Å²) in [6.45, 7) is 1.55. The van der Waals surface area contributed by atoms with Crippen molar-refractivity contribution in [2.24, 2.45) is 16.1 Å². The lowest BCUT2D eigenvalue weighted by Gasteiger charge is -2.35. The van der Waals surface area contributed by atoms with Crippen molar-refractivity contribution < 1.29 is 19.1 Å². The van der Waals surface area contributed by atoms with E-state index in [1.165, 1.54) is 14.2 Å². The van der Waals surface area contributed by atoms with Crippen LogP contribution < -0.4 is 0 Å². The Labute approximate surface area is 151 Å². The Balaban J connectivity index is 2.32. The van der Waals surface area contributed by atoms with Crippen LogP contribution in [0.4, 0.5) is 0 Å². The van der Waals surface area contributed by atoms with Crippen molar-refractivity contribution in [3.63, 3.8) is 0 Å². The van der Waals surface area contributed by atoms with E-state index in [2.05, 4.69) is 10.2 Å². The maximum Gasteiger partial charge on any atom is 0.336 e. The number of benzene rings is 2. The van der Waals surface area contributed by atoms with Crippen molar-refractivity contribution in [1.82, 2.24) is 0 Å². The van der Waals surface area contributed by atoms with Gasteiger partial charge < -0.3 is 9.47 Å². The third-order valence-corrected chi connectivity index (χ3v) is 4.86. The molecule has 0 unspecified atom stereocenters. The number of rotatable bonds is 4. The van der Waals surface area contributed by atoms with E-state index < -0.39 is 28.9 Å². The van der Waals surface area contributed by atoms with Crippen LogP contribution in [0, 0.1) is 5.92 Å². The predicted octanol–water partition coefficient (Wildman–Crippen LogP) is 3.12. The van der Waals surface area contributed by atoms with Gasteiger partial charge >= 0.3 is 11.9 Å². The number of nitrogens with zero attached hydrogens (tertiary/aromatic N) is 2. The van der Waals surface area contributed by atoms with E-state index in [0.29, 0.717) is 0 Å². The lowest BCUT2D eigenvalue weighted by atomic mass is 9.67. The van der Waals surface area contributed by atoms with Gasteiger partial charge in [-0.3, -0.25) is 4.79 Å². The molecule has 1 aliphatic rings. The molecular formula is C20H20N2O4. The molecule has 0 amide bonds. The summed E-state index contributed by atoms with van der Waals surface area (Å²) in [5.41, 5.74) is -1.18. The molecule has 134 valence electrons. The Hall–Kier alpha value is -3.02. The molecule has 0 spiro atoms. The molecule has 26 heavy (non-hydrogen) atoms. The summed E-state index contributed by atoms with van der Waals surface area (Å²) in [5.74, 6) is -2.21. The Morgan fingerprint density at radius 1 is 0.846 bits per heavy atom. The molecule has 0 aliphatic carbocycles. The Morgan fingerprint density at radius 3 is 1.77 bits per heavy atom. The highest BCUT2D eigenvalue weighted by atomic mass is 16.5. The second-order valence-corrected chi connectivity index (χ2v) is 6.29. The number of azo groups is 1. The zero-order chi connectivity index (χ0) is 18.8. The van der Waals surface area contributed by atoms with Crippen LogP contribution in [0.5, 0.6) is 0 Å². The van der Waals surface area contributed by atoms with Crippen LogP contribution in [0.3, 0.4) is 0 Å². The minimum atomic E-state index is -1.49. The van der Waals surface area contributed by atoms with Crippen LogP contribution in [-0.4, -0.2) is 31.7 Å². The minimum Gasteiger partial charge on any atom is -0.469 e. The van der Waals surface area contributed by atoms with Gasteiger partial charge in [0, 0.05) is 0 Å². The summed E-state index contributed by atoms with van der Waals surface area (Å²) < 4.78 is 9.98. The van der Waals surface area contributed by atoms with E-state index in [0.717, 1.165) is 11.1 Å². The smallest absolute Gasteiger partial charge is 0.336 e. The molecule has 1 heterocycles. The van der Waals surface area contributed by atoms with E-state index in [1.54, 1.807) is 6.92 Å². The number of carbonyl (C=O) groups is 2. The standard InChI is InChI=1S/C20H20N2O4/c1-19(18(24)26-3)16(17(23)25-2)20(22-21-19,14-10-6-4-7-11-14)15-12-8-5-9-13-15/h4-13,16H,1-3H3/t16-,19-/m0/s1. The van der Waals surface area contributed by atoms with Gasteiger partial charge in [0.05, 0.1) is 14.2 Å². The second kappa shape index (κ2) is 6.71. The average Bonchev–Trinajstić information content (AvgIpc) is 3.03. The van der Waals surface area contributed by atoms with Gasteiger partial charge in [-0.25, -0.2) is 4.79 Å². The van der Waals surface area contributed by atoms with Gasteiger partial charge in [0.2, 0.25) is 0 Å². The first-order valence-electron chi connectivity index (χ1n) is 8.22. The molecule has 3 rings (SSSR count). The number of methoxy groups -OCH3 is 2. The molecule has 2 aromatic rings. The summed E-state index contributed by atoms with van der Waals surface area (Å²) in [6, 6.07) is 18.7. The molecular weight excluding hydrogens is 332 g/mol. The third kappa shape index (κ3) is 2.49. The first kappa shape index (κ1) is 17.8. The molecule has 0 radical (unpaired) electrons. The summed E-state index contributed by atoms with van der Waals surface area (Å²) in [5, 5.41) is 8.75. The van der Waals surface area contributed by atoms with Crippen molar-refractivity contribution in [3.05, 3.63) is 71.8 Å². The fourth-order valence-electron chi connectivity index (χ4n) is 3.59. The Morgan fingerprint density at radius 2 is 1.35 bits per heavy atom. The zero-order valence-corrected chi connectivity index (χ0v) is 14.9. The normalized spacial score (nSPS) is 23.4. The van der Waals surface area contributed by atoms with Crippen molar-refractivity contribution >= 4 is 11.9 Å². The third-order valence-electron chi connectivity index (χ3n) is 4.86. The number of hydrogen-bond donors (Lipinski definition) is 0. The summed E-state index contributed by atoms with van der Waals surface area (Å²) in [4.78, 5) is 25.4. The number of esters is 2. The van der Waals surface area contributed by atoms with E-state index in [4.69, 9.17) is 9.47 Å². The SMILES string of the molecule is COC(=O)[C@@H]1C(c2ccccc2)(c2ccccc2)N=N[C@]1(C)C(=O)OC. The maximum atomic E-state index is 12.9. The lowest BCUT2D eigenvalue weighted by molar-refractivity contribution is -0.159. The van der Waals surface area contributed by atoms with Crippen LogP contribution >= 0.6 is 0 Å². The molecule has 6 heteroatoms. The van der Waals surface area contributed by atoms with Crippen molar-refractivity contribution in [1.29, 1.82) is 0 Å². The van der Waals surface area contributed by atoms with Gasteiger partial charge in [0.1, 0.15) is 11.5 Å². The van der Waals surface area contributed by atoms with Crippen LogP contribution in [-0.2, 0) is 24.6 Å². The molecule has 0 aromatic heterocycles. The van der Waals surface area contributed by atoms with Gasteiger partial charge in [-0.2, -0.15) is 10.2 Å². The van der Waals surface area contributed by atoms with Crippen LogP contribution in [0.15, 0.2) is 70.9 Å². The van der Waals surface area contributed by atoms with Crippen LogP contribution in [0.25, 0.3) is 0 Å². The van der Waals surface area contributed by atoms with Gasteiger partial charge in [-0.1, -0.05) is 60.7 Å². The quantitative estimate of drug-likeness (QED) is 0.792. The predicted molar refractivity (Wildman–Crippen MR) is 94.4 cm³/mol. The largest absolute Gasteiger partial charge is 0.469 e. The highest BCUT2D eigenvalue weighted by molar-refractivity contribution is 5.91. The first-order valence-corrected chi connectivity index (χ1v) is 8.22. The number of hydrogen-bond acceptors (Lipinski definition) is 6. The van der Waals surface area contributed by atoms with Crippen LogP contribution in [0.1, 0.15) is 18.1 Å². The molecule has 0 saturated heterocycles. The number of ether oxygens (including phenoxy) is 2. The topological polar surface area (TPSA) is 77.3 Å². The van der Waals surface area contributed by atoms with Crippen LogP contribution in [0.2, 0.25) is 0 Å². The van der Waals surface area contributed by atoms with E-state index in [1.807, 2.05) is 60.7 Å². The lowest BCUT2D eigenvalue weighted by Crippen LogP contribution is -2.52. The summed E-state index contributed by atoms with van der Waals surface area (Å²) >= 11 is 0. The molecule has 6 nitrogen and oxygen atoms in total. The molecule has 0 fully saturated rings. The Bertz CT molecular complexity index is 796. The van der Waals surface area contributed by atoms with E-state index >= 15 is 0 Å². The first-order chi connectivity index (χ1) is 12.5. The van der Waals surface area contributed by atoms with E-state index in [-0.39, 0.29) is 0 Å². The zero-order valence-electron chi connectivity index (χ0n) is 14.9. The van der Waals surface area contributed by atoms with Gasteiger partial charge in [-0.05, 0) is 18.1 Å². The van der Waals surface area contributed by atoms with Crippen molar-refractivity contribution in [2.45, 2.75) is 18.0 Å². The molecule has 2 atom stereocenters. The molecule has 0 N–H and O–H groups in total. The van der Waals surface area contributed by atoms with Gasteiger partial charge in [-0.15, -0.1) is 0 Å². The molecule has 0 bridgehead atoms. The highest BCUT2D eigenvalue weighted by Crippen LogP contribution is 2.52. The molecule has 2 aromatic carbocycles. The Kier molecular flexibility index (Phi) is 4.59. The van der Waals surface area contributed by atoms with E-state index in [9.17, 15) is 9.59 Å². The maximum absolute atomic E-state index is 12.9. The minimum absolute atomic E-state index is 0.574. The monoisotopic (exact) mass is 352 g/mol. The van der Waals surface area contributed by atoms with Crippen molar-refractivity contribution in [2.75, 3.05) is 14.2 Å².